The zero-order valence-electron chi connectivity index (χ0n) is 10.3. The van der Waals surface area contributed by atoms with Gasteiger partial charge >= 0.3 is 5.97 Å². The number of hydrogen-bond donors (Lipinski definition) is 2. The lowest BCUT2D eigenvalue weighted by Crippen LogP contribution is -2.48. The molecule has 2 amide bonds. The van der Waals surface area contributed by atoms with Gasteiger partial charge in [0.05, 0.1) is 0 Å². The normalized spacial score (nSPS) is 11.4. The molecule has 0 rings (SSSR count). The molecule has 0 aliphatic carbocycles. The number of carbonyl (C=O) groups is 3. The first-order valence-corrected chi connectivity index (χ1v) is 6.76. The Labute approximate surface area is 110 Å². The first-order chi connectivity index (χ1) is 8.56. The van der Waals surface area contributed by atoms with E-state index in [4.69, 9.17) is 5.11 Å². The Hall–Kier alpha value is -1.50. The molecule has 2 N–H and O–H groups in total. The molecule has 102 valence electrons. The third-order valence-electron chi connectivity index (χ3n) is 2.17. The highest BCUT2D eigenvalue weighted by Gasteiger charge is 2.24. The van der Waals surface area contributed by atoms with Crippen molar-refractivity contribution in [3.05, 3.63) is 12.7 Å². The quantitative estimate of drug-likeness (QED) is 0.431. The zero-order chi connectivity index (χ0) is 14.0. The lowest BCUT2D eigenvalue weighted by Gasteiger charge is -2.24. The monoisotopic (exact) mass is 274 g/mol. The van der Waals surface area contributed by atoms with Gasteiger partial charge in [-0.1, -0.05) is 6.08 Å². The van der Waals surface area contributed by atoms with Gasteiger partial charge in [-0.3, -0.25) is 14.4 Å². The molecule has 0 saturated heterocycles. The predicted octanol–water partition coefficient (Wildman–Crippen LogP) is -0.0467. The van der Waals surface area contributed by atoms with Gasteiger partial charge in [0.1, 0.15) is 12.6 Å². The van der Waals surface area contributed by atoms with E-state index in [1.165, 1.54) is 6.08 Å². The highest BCUT2D eigenvalue weighted by molar-refractivity contribution is 7.98. The Morgan fingerprint density at radius 3 is 2.67 bits per heavy atom. The summed E-state index contributed by atoms with van der Waals surface area (Å²) in [5, 5.41) is 11.1. The van der Waals surface area contributed by atoms with Crippen molar-refractivity contribution >= 4 is 30.0 Å². The lowest BCUT2D eigenvalue weighted by atomic mass is 10.2. The van der Waals surface area contributed by atoms with Gasteiger partial charge < -0.3 is 15.3 Å². The number of hydrogen-bond acceptors (Lipinski definition) is 4. The number of carboxylic acid groups (broad SMARTS) is 1. The molecule has 6 nitrogen and oxygen atoms in total. The molecular formula is C11H18N2O4S. The third kappa shape index (κ3) is 6.29. The van der Waals surface area contributed by atoms with Crippen LogP contribution in [0.5, 0.6) is 0 Å². The SMILES string of the molecule is C=CCN(CC(=O)O)C(=O)[C@H](CCSC)NC=O. The van der Waals surface area contributed by atoms with Crippen molar-refractivity contribution in [1.29, 1.82) is 0 Å². The van der Waals surface area contributed by atoms with Crippen LogP contribution in [0.2, 0.25) is 0 Å². The summed E-state index contributed by atoms with van der Waals surface area (Å²) in [6, 6.07) is -0.686. The second-order valence-electron chi connectivity index (χ2n) is 3.52. The number of carboxylic acids is 1. The first-order valence-electron chi connectivity index (χ1n) is 5.36. The van der Waals surface area contributed by atoms with Gasteiger partial charge in [0.15, 0.2) is 0 Å². The van der Waals surface area contributed by atoms with E-state index >= 15 is 0 Å². The van der Waals surface area contributed by atoms with E-state index < -0.39 is 24.5 Å². The van der Waals surface area contributed by atoms with Crippen LogP contribution in [-0.4, -0.2) is 59.4 Å². The van der Waals surface area contributed by atoms with Crippen LogP contribution in [0.1, 0.15) is 6.42 Å². The molecule has 0 aromatic heterocycles. The van der Waals surface area contributed by atoms with Crippen LogP contribution in [0.3, 0.4) is 0 Å². The van der Waals surface area contributed by atoms with E-state index in [-0.39, 0.29) is 6.54 Å². The van der Waals surface area contributed by atoms with Crippen LogP contribution in [0.25, 0.3) is 0 Å². The van der Waals surface area contributed by atoms with Crippen LogP contribution < -0.4 is 5.32 Å². The van der Waals surface area contributed by atoms with Gasteiger partial charge in [-0.25, -0.2) is 0 Å². The summed E-state index contributed by atoms with van der Waals surface area (Å²) in [5.74, 6) is -0.801. The molecule has 0 unspecified atom stereocenters. The van der Waals surface area contributed by atoms with E-state index in [0.717, 1.165) is 4.90 Å². The summed E-state index contributed by atoms with van der Waals surface area (Å²) >= 11 is 1.55. The standard InChI is InChI=1S/C11H18N2O4S/c1-3-5-13(7-10(15)16)11(17)9(12-8-14)4-6-18-2/h3,8-9H,1,4-7H2,2H3,(H,12,14)(H,15,16)/t9-/m0/s1. The van der Waals surface area contributed by atoms with Crippen molar-refractivity contribution in [3.63, 3.8) is 0 Å². The molecule has 0 aliphatic rings. The average molecular weight is 274 g/mol. The molecule has 18 heavy (non-hydrogen) atoms. The Morgan fingerprint density at radius 2 is 2.22 bits per heavy atom. The van der Waals surface area contributed by atoms with Gasteiger partial charge in [0, 0.05) is 6.54 Å². The van der Waals surface area contributed by atoms with Crippen molar-refractivity contribution in [1.82, 2.24) is 10.2 Å². The molecule has 0 heterocycles. The molecule has 7 heteroatoms. The van der Waals surface area contributed by atoms with Crippen molar-refractivity contribution in [2.45, 2.75) is 12.5 Å². The van der Waals surface area contributed by atoms with E-state index in [2.05, 4.69) is 11.9 Å². The summed E-state index contributed by atoms with van der Waals surface area (Å²) in [4.78, 5) is 34.3. The Bertz CT molecular complexity index is 309. The highest BCUT2D eigenvalue weighted by atomic mass is 32.2. The molecule has 0 spiro atoms. The van der Waals surface area contributed by atoms with Crippen LogP contribution >= 0.6 is 11.8 Å². The molecule has 0 saturated carbocycles. The van der Waals surface area contributed by atoms with Crippen LogP contribution in [0.4, 0.5) is 0 Å². The topological polar surface area (TPSA) is 86.7 Å². The molecular weight excluding hydrogens is 256 g/mol. The number of nitrogens with zero attached hydrogens (tertiary/aromatic N) is 1. The highest BCUT2D eigenvalue weighted by Crippen LogP contribution is 2.04. The summed E-state index contributed by atoms with van der Waals surface area (Å²) in [6.45, 7) is 3.22. The number of thioether (sulfide) groups is 1. The van der Waals surface area contributed by atoms with Gasteiger partial charge in [-0.05, 0) is 18.4 Å². The fourth-order valence-corrected chi connectivity index (χ4v) is 1.84. The Balaban J connectivity index is 4.68. The summed E-state index contributed by atoms with van der Waals surface area (Å²) in [5.41, 5.74) is 0. The van der Waals surface area contributed by atoms with Crippen molar-refractivity contribution in [2.75, 3.05) is 25.1 Å². The minimum atomic E-state index is -1.10. The maximum absolute atomic E-state index is 12.0. The number of amides is 2. The summed E-state index contributed by atoms with van der Waals surface area (Å²) < 4.78 is 0. The van der Waals surface area contributed by atoms with Gasteiger partial charge in [-0.15, -0.1) is 6.58 Å². The van der Waals surface area contributed by atoms with Crippen LogP contribution in [0, 0.1) is 0 Å². The molecule has 0 aliphatic heterocycles. The smallest absolute Gasteiger partial charge is 0.323 e. The van der Waals surface area contributed by atoms with Gasteiger partial charge in [0.2, 0.25) is 12.3 Å². The first kappa shape index (κ1) is 16.5. The molecule has 0 aromatic carbocycles. The average Bonchev–Trinajstić information content (AvgIpc) is 2.32. The number of aliphatic carboxylic acids is 1. The Morgan fingerprint density at radius 1 is 1.56 bits per heavy atom. The van der Waals surface area contributed by atoms with E-state index in [9.17, 15) is 14.4 Å². The van der Waals surface area contributed by atoms with Crippen molar-refractivity contribution in [3.8, 4) is 0 Å². The zero-order valence-corrected chi connectivity index (χ0v) is 11.1. The number of nitrogens with one attached hydrogen (secondary N) is 1. The fraction of sp³-hybridized carbons (Fsp3) is 0.545. The fourth-order valence-electron chi connectivity index (χ4n) is 1.37. The minimum absolute atomic E-state index is 0.140. The molecule has 0 fully saturated rings. The van der Waals surface area contributed by atoms with E-state index in [1.54, 1.807) is 11.8 Å². The summed E-state index contributed by atoms with van der Waals surface area (Å²) in [6.07, 6.45) is 4.26. The minimum Gasteiger partial charge on any atom is -0.480 e. The number of rotatable bonds is 10. The van der Waals surface area contributed by atoms with Crippen LogP contribution in [0.15, 0.2) is 12.7 Å². The van der Waals surface area contributed by atoms with E-state index in [0.29, 0.717) is 18.6 Å². The van der Waals surface area contributed by atoms with Crippen molar-refractivity contribution in [2.24, 2.45) is 0 Å². The largest absolute Gasteiger partial charge is 0.480 e. The van der Waals surface area contributed by atoms with Gasteiger partial charge in [0.25, 0.3) is 0 Å². The van der Waals surface area contributed by atoms with E-state index in [1.807, 2.05) is 6.26 Å². The third-order valence-corrected chi connectivity index (χ3v) is 2.81. The lowest BCUT2D eigenvalue weighted by molar-refractivity contribution is -0.145. The van der Waals surface area contributed by atoms with Crippen molar-refractivity contribution < 1.29 is 19.5 Å². The molecule has 1 atom stereocenters. The summed E-state index contributed by atoms with van der Waals surface area (Å²) in [7, 11) is 0. The Kier molecular flexibility index (Phi) is 8.73. The predicted molar refractivity (Wildman–Crippen MR) is 70.4 cm³/mol. The maximum Gasteiger partial charge on any atom is 0.323 e. The molecule has 0 aromatic rings. The van der Waals surface area contributed by atoms with Crippen LogP contribution in [-0.2, 0) is 14.4 Å². The molecule has 0 radical (unpaired) electrons. The molecule has 0 bridgehead atoms. The second kappa shape index (κ2) is 9.52. The van der Waals surface area contributed by atoms with Gasteiger partial charge in [-0.2, -0.15) is 11.8 Å². The maximum atomic E-state index is 12.0. The number of carbonyl (C=O) groups excluding carboxylic acids is 2. The second-order valence-corrected chi connectivity index (χ2v) is 4.51.